The summed E-state index contributed by atoms with van der Waals surface area (Å²) in [6.45, 7) is 0. The second-order valence-corrected chi connectivity index (χ2v) is 22.4. The first-order valence-electron chi connectivity index (χ1n) is 24.1. The molecule has 31 heteroatoms. The first-order chi connectivity index (χ1) is 37.4. The first-order valence-corrected chi connectivity index (χ1v) is 28.0. The number of aromatic nitrogens is 12. The van der Waals surface area contributed by atoms with E-state index in [4.69, 9.17) is 11.6 Å². The third kappa shape index (κ3) is 11.6. The van der Waals surface area contributed by atoms with Gasteiger partial charge in [0, 0.05) is 74.8 Å². The molecule has 3 aliphatic heterocycles. The maximum absolute atomic E-state index is 11.9. The zero-order valence-corrected chi connectivity index (χ0v) is 43.5. The smallest absolute Gasteiger partial charge is 0.254 e. The summed E-state index contributed by atoms with van der Waals surface area (Å²) in [4.78, 5) is 95.3. The third-order valence-corrected chi connectivity index (χ3v) is 14.0. The number of anilines is 5. The fourth-order valence-corrected chi connectivity index (χ4v) is 9.06. The number of fused-ring (bicyclic) bond motifs is 3. The molecule has 3 aliphatic carbocycles. The molecule has 6 amide bonds. The Morgan fingerprint density at radius 3 is 1.42 bits per heavy atom. The Balaban J connectivity index is 0.000000125. The molecule has 3 saturated heterocycles. The number of nitrogens with zero attached hydrogens (tertiary/aromatic N) is 12. The monoisotopic (exact) mass is 1120 g/mol. The van der Waals surface area contributed by atoms with Gasteiger partial charge in [0.25, 0.3) is 22.9 Å². The highest BCUT2D eigenvalue weighted by Crippen LogP contribution is 2.30. The van der Waals surface area contributed by atoms with E-state index in [9.17, 15) is 41.4 Å². The number of sulfone groups is 1. The van der Waals surface area contributed by atoms with Crippen LogP contribution >= 0.6 is 11.6 Å². The SMILES string of the molecule is CS(=O)(=O)c1nc(NC2CC2)n2ncc(/C=C3\CC(=O)NC3=O)c2n1.CS(=O)c1nc(NC2CC2)n2ncc(/C=C3\CC(=O)NC3=O)c2n1.O=C1C/C(=C\c2cnn3c(NC4CC4)nc(Nc4cccc(Cl)c4)nc23)C(=O)N1. The molecule has 0 spiro atoms. The fourth-order valence-electron chi connectivity index (χ4n) is 7.93. The molecule has 0 radical (unpaired) electrons. The largest absolute Gasteiger partial charge is 0.351 e. The molecule has 6 aliphatic rings. The van der Waals surface area contributed by atoms with Gasteiger partial charge in [0.1, 0.15) is 0 Å². The number of halogens is 1. The highest BCUT2D eigenvalue weighted by Gasteiger charge is 2.30. The molecule has 28 nitrogen and oxygen atoms in total. The highest BCUT2D eigenvalue weighted by atomic mass is 35.5. The van der Waals surface area contributed by atoms with Crippen molar-refractivity contribution in [3.05, 3.63) is 81.3 Å². The average Bonchev–Trinajstić information content (AvgIpc) is 4.36. The molecule has 400 valence electrons. The van der Waals surface area contributed by atoms with Gasteiger partial charge in [-0.1, -0.05) is 17.7 Å². The zero-order valence-electron chi connectivity index (χ0n) is 41.1. The zero-order chi connectivity index (χ0) is 54.6. The van der Waals surface area contributed by atoms with Crippen molar-refractivity contribution >= 4 is 132 Å². The maximum atomic E-state index is 11.9. The van der Waals surface area contributed by atoms with Crippen LogP contribution in [0.25, 0.3) is 35.2 Å². The third-order valence-electron chi connectivity index (χ3n) is 12.2. The van der Waals surface area contributed by atoms with Gasteiger partial charge in [-0.2, -0.15) is 58.7 Å². The Kier molecular flexibility index (Phi) is 13.5. The van der Waals surface area contributed by atoms with E-state index in [1.54, 1.807) is 41.2 Å². The topological polar surface area (TPSA) is 367 Å². The van der Waals surface area contributed by atoms with E-state index in [0.717, 1.165) is 50.5 Å². The van der Waals surface area contributed by atoms with Crippen molar-refractivity contribution in [1.82, 2.24) is 74.7 Å². The summed E-state index contributed by atoms with van der Waals surface area (Å²) < 4.78 is 40.1. The van der Waals surface area contributed by atoms with Crippen LogP contribution in [0.1, 0.15) is 74.5 Å². The molecular weight excluding hydrogens is 1070 g/mol. The molecule has 3 saturated carbocycles. The number of hydrogen-bond acceptors (Lipinski definition) is 22. The van der Waals surface area contributed by atoms with Gasteiger partial charge >= 0.3 is 0 Å². The number of carbonyl (C=O) groups is 6. The van der Waals surface area contributed by atoms with Crippen molar-refractivity contribution in [2.45, 2.75) is 86.2 Å². The van der Waals surface area contributed by atoms with Crippen LogP contribution in [0.5, 0.6) is 0 Å². The molecule has 1 atom stereocenters. The van der Waals surface area contributed by atoms with E-state index < -0.39 is 38.4 Å². The predicted octanol–water partition coefficient (Wildman–Crippen LogP) is 1.92. The number of benzene rings is 1. The summed E-state index contributed by atoms with van der Waals surface area (Å²) in [6.07, 6.45) is 18.1. The number of carbonyl (C=O) groups excluding carboxylic acids is 6. The minimum atomic E-state index is -3.63. The molecule has 13 rings (SSSR count). The summed E-state index contributed by atoms with van der Waals surface area (Å²) in [5.74, 6) is -0.618. The Morgan fingerprint density at radius 2 is 1.03 bits per heavy atom. The van der Waals surface area contributed by atoms with Gasteiger partial charge in [0.15, 0.2) is 16.9 Å². The van der Waals surface area contributed by atoms with Crippen molar-refractivity contribution in [2.24, 2.45) is 0 Å². The Bertz CT molecular complexity index is 3970. The van der Waals surface area contributed by atoms with Crippen LogP contribution in [0.4, 0.5) is 29.5 Å². The summed E-state index contributed by atoms with van der Waals surface area (Å²) in [5.41, 5.74) is 4.60. The van der Waals surface area contributed by atoms with Crippen molar-refractivity contribution in [2.75, 3.05) is 33.8 Å². The molecule has 7 aromatic rings. The molecule has 6 fully saturated rings. The second kappa shape index (κ2) is 20.6. The van der Waals surface area contributed by atoms with Crippen LogP contribution in [0, 0.1) is 0 Å². The van der Waals surface area contributed by atoms with E-state index in [0.29, 0.717) is 74.1 Å². The molecule has 7 N–H and O–H groups in total. The van der Waals surface area contributed by atoms with Crippen LogP contribution in [-0.4, -0.2) is 137 Å². The lowest BCUT2D eigenvalue weighted by molar-refractivity contribution is -0.125. The molecule has 0 bridgehead atoms. The van der Waals surface area contributed by atoms with Crippen molar-refractivity contribution in [3.8, 4) is 0 Å². The maximum Gasteiger partial charge on any atom is 0.254 e. The molecule has 1 unspecified atom stereocenters. The van der Waals surface area contributed by atoms with Gasteiger partial charge in [-0.15, -0.1) is 0 Å². The van der Waals surface area contributed by atoms with Gasteiger partial charge < -0.3 is 21.3 Å². The molecule has 1 aromatic carbocycles. The van der Waals surface area contributed by atoms with Gasteiger partial charge in [0.2, 0.25) is 56.5 Å². The summed E-state index contributed by atoms with van der Waals surface area (Å²) >= 11 is 6.06. The number of imide groups is 3. The Labute approximate surface area is 447 Å². The van der Waals surface area contributed by atoms with Crippen LogP contribution < -0.4 is 37.2 Å². The van der Waals surface area contributed by atoms with Gasteiger partial charge in [-0.25, -0.2) is 8.42 Å². The number of hydrogen-bond donors (Lipinski definition) is 7. The van der Waals surface area contributed by atoms with Crippen molar-refractivity contribution < 1.29 is 41.4 Å². The molecule has 6 aromatic heterocycles. The fraction of sp³-hybridized carbons (Fsp3) is 0.298. The predicted molar refractivity (Wildman–Crippen MR) is 280 cm³/mol. The Morgan fingerprint density at radius 1 is 0.603 bits per heavy atom. The van der Waals surface area contributed by atoms with Gasteiger partial charge in [-0.3, -0.25) is 48.9 Å². The van der Waals surface area contributed by atoms with Gasteiger partial charge in [-0.05, 0) is 75.0 Å². The number of rotatable bonds is 13. The first kappa shape index (κ1) is 51.2. The van der Waals surface area contributed by atoms with Crippen molar-refractivity contribution in [3.63, 3.8) is 0 Å². The quantitative estimate of drug-likeness (QED) is 0.0640. The lowest BCUT2D eigenvalue weighted by Crippen LogP contribution is -2.19. The van der Waals surface area contributed by atoms with E-state index in [2.05, 4.69) is 82.4 Å². The highest BCUT2D eigenvalue weighted by molar-refractivity contribution is 7.90. The minimum absolute atomic E-state index is 0.0288. The number of amides is 6. The van der Waals surface area contributed by atoms with Crippen LogP contribution in [0.15, 0.2) is 69.9 Å². The van der Waals surface area contributed by atoms with E-state index in [1.807, 2.05) is 12.1 Å². The van der Waals surface area contributed by atoms with Crippen LogP contribution in [0.3, 0.4) is 0 Å². The van der Waals surface area contributed by atoms with Crippen LogP contribution in [-0.2, 0) is 49.4 Å². The van der Waals surface area contributed by atoms with Gasteiger partial charge in [0.05, 0.1) is 48.7 Å². The van der Waals surface area contributed by atoms with E-state index in [1.165, 1.54) is 27.6 Å². The summed E-state index contributed by atoms with van der Waals surface area (Å²) in [7, 11) is -4.99. The number of nitrogens with one attached hydrogen (secondary N) is 7. The average molecular weight is 1120 g/mol. The molecular formula is C47H44ClN19O9S2. The lowest BCUT2D eigenvalue weighted by Gasteiger charge is -2.10. The lowest BCUT2D eigenvalue weighted by atomic mass is 10.1. The molecule has 9 heterocycles. The normalized spacial score (nSPS) is 19.2. The van der Waals surface area contributed by atoms with E-state index in [-0.39, 0.29) is 70.5 Å². The Hall–Kier alpha value is -8.90. The standard InChI is InChI=1S/C19H16ClN7O2.C14H14N6O4S.C14H14N6O3S/c20-12-2-1-3-14(8-12)22-18-25-16-11(6-10-7-15(28)24-17(10)29)9-21-27(16)19(26-18)23-13-4-5-13;1-25(23,24)14-18-11-8(4-7-5-10(21)17-12(7)22)6-15-20(11)13(19-14)16-9-2-3-9;1-24(23)14-18-11-8(4-7-5-10(21)17-12(7)22)6-15-20(11)13(19-14)16-9-2-3-9/h1-3,6,8-9,13H,4-5,7H2,(H,24,28,29)(H2,22,23,25,26);4,6,9H,2-3,5H2,1H3,(H,16,18,19)(H,17,21,22);4,6,9H,2-3,5H2,1H3,(H,16,18,19)(H,17,21,22)/b10-6+;2*7-4+. The van der Waals surface area contributed by atoms with E-state index >= 15 is 0 Å². The summed E-state index contributed by atoms with van der Waals surface area (Å²) in [6, 6.07) is 8.18. The van der Waals surface area contributed by atoms with Crippen molar-refractivity contribution in [1.29, 1.82) is 0 Å². The van der Waals surface area contributed by atoms with Crippen LogP contribution in [0.2, 0.25) is 5.02 Å². The second-order valence-electron chi connectivity index (χ2n) is 18.8. The minimum Gasteiger partial charge on any atom is -0.351 e. The summed E-state index contributed by atoms with van der Waals surface area (Å²) in [5, 5.41) is 32.8. The molecule has 78 heavy (non-hydrogen) atoms.